The molecule has 4 atom stereocenters. The van der Waals surface area contributed by atoms with E-state index < -0.39 is 0 Å². The first-order chi connectivity index (χ1) is 10.7. The van der Waals surface area contributed by atoms with Gasteiger partial charge in [0.1, 0.15) is 0 Å². The third kappa shape index (κ3) is 1.04. The Morgan fingerprint density at radius 2 is 1.09 bits per heavy atom. The summed E-state index contributed by atoms with van der Waals surface area (Å²) in [6.45, 7) is 5.07. The van der Waals surface area contributed by atoms with Gasteiger partial charge in [-0.05, 0) is 41.2 Å². The fourth-order valence-electron chi connectivity index (χ4n) is 7.36. The maximum Gasteiger partial charge on any atom is 0.0149 e. The van der Waals surface area contributed by atoms with Gasteiger partial charge in [0.05, 0.1) is 0 Å². The van der Waals surface area contributed by atoms with E-state index in [9.17, 15) is 0 Å². The van der Waals surface area contributed by atoms with Crippen molar-refractivity contribution in [3.8, 4) is 0 Å². The minimum absolute atomic E-state index is 0.373. The molecule has 3 aliphatic carbocycles. The molecular formula is C22H24. The predicted octanol–water partition coefficient (Wildman–Crippen LogP) is 5.33. The summed E-state index contributed by atoms with van der Waals surface area (Å²) in [6.07, 6.45) is 4.28. The second-order valence-corrected chi connectivity index (χ2v) is 8.12. The van der Waals surface area contributed by atoms with Gasteiger partial charge in [-0.15, -0.1) is 0 Å². The molecular weight excluding hydrogens is 264 g/mol. The van der Waals surface area contributed by atoms with Crippen LogP contribution in [0.4, 0.5) is 0 Å². The highest BCUT2D eigenvalue weighted by Crippen LogP contribution is 2.94. The molecule has 0 spiro atoms. The van der Waals surface area contributed by atoms with Crippen LogP contribution in [0.25, 0.3) is 0 Å². The van der Waals surface area contributed by atoms with Crippen molar-refractivity contribution in [2.24, 2.45) is 17.3 Å². The first kappa shape index (κ1) is 12.9. The zero-order valence-corrected chi connectivity index (χ0v) is 13.5. The largest absolute Gasteiger partial charge is 0.0622 e. The highest BCUT2D eigenvalue weighted by Gasteiger charge is 2.95. The second kappa shape index (κ2) is 3.85. The Labute approximate surface area is 133 Å². The van der Waals surface area contributed by atoms with E-state index in [1.54, 1.807) is 11.1 Å². The average Bonchev–Trinajstić information content (AvgIpc) is 2.78. The quantitative estimate of drug-likeness (QED) is 0.700. The van der Waals surface area contributed by atoms with Gasteiger partial charge in [0.25, 0.3) is 0 Å². The lowest BCUT2D eigenvalue weighted by atomic mass is 9.54. The highest BCUT2D eigenvalue weighted by atomic mass is 15.0. The third-order valence-electron chi connectivity index (χ3n) is 7.62. The molecule has 3 saturated carbocycles. The van der Waals surface area contributed by atoms with E-state index in [2.05, 4.69) is 74.5 Å². The lowest BCUT2D eigenvalue weighted by Crippen LogP contribution is -2.49. The summed E-state index contributed by atoms with van der Waals surface area (Å²) in [7, 11) is 0. The van der Waals surface area contributed by atoms with Crippen LogP contribution in [0, 0.1) is 17.3 Å². The van der Waals surface area contributed by atoms with Crippen molar-refractivity contribution in [1.29, 1.82) is 0 Å². The summed E-state index contributed by atoms with van der Waals surface area (Å²) >= 11 is 0. The van der Waals surface area contributed by atoms with Crippen molar-refractivity contribution in [1.82, 2.24) is 0 Å². The van der Waals surface area contributed by atoms with E-state index >= 15 is 0 Å². The van der Waals surface area contributed by atoms with Crippen molar-refractivity contribution < 1.29 is 0 Å². The number of rotatable bonds is 2. The highest BCUT2D eigenvalue weighted by molar-refractivity contribution is 5.64. The fourth-order valence-corrected chi connectivity index (χ4v) is 7.36. The smallest absolute Gasteiger partial charge is 0.0149 e. The first-order valence-electron chi connectivity index (χ1n) is 8.80. The van der Waals surface area contributed by atoms with Gasteiger partial charge >= 0.3 is 0 Å². The molecule has 4 unspecified atom stereocenters. The predicted molar refractivity (Wildman–Crippen MR) is 90.9 cm³/mol. The topological polar surface area (TPSA) is 0 Å². The number of fused-ring (bicyclic) bond motifs is 4. The van der Waals surface area contributed by atoms with Crippen molar-refractivity contribution in [2.75, 3.05) is 0 Å². The molecule has 22 heavy (non-hydrogen) atoms. The van der Waals surface area contributed by atoms with Crippen molar-refractivity contribution >= 4 is 0 Å². The summed E-state index contributed by atoms with van der Waals surface area (Å²) in [4.78, 5) is 0. The molecule has 0 nitrogen and oxygen atoms in total. The maximum absolute atomic E-state index is 2.53. The lowest BCUT2D eigenvalue weighted by Gasteiger charge is -2.49. The lowest BCUT2D eigenvalue weighted by molar-refractivity contribution is 0.120. The van der Waals surface area contributed by atoms with Gasteiger partial charge < -0.3 is 0 Å². The van der Waals surface area contributed by atoms with Crippen molar-refractivity contribution in [3.05, 3.63) is 71.8 Å². The van der Waals surface area contributed by atoms with Crippen LogP contribution in [-0.2, 0) is 10.8 Å². The van der Waals surface area contributed by atoms with Crippen LogP contribution in [0.15, 0.2) is 60.7 Å². The monoisotopic (exact) mass is 288 g/mol. The van der Waals surface area contributed by atoms with E-state index in [4.69, 9.17) is 0 Å². The van der Waals surface area contributed by atoms with Gasteiger partial charge in [-0.3, -0.25) is 0 Å². The van der Waals surface area contributed by atoms with Crippen LogP contribution in [0.2, 0.25) is 0 Å². The molecule has 0 aliphatic heterocycles. The van der Waals surface area contributed by atoms with Gasteiger partial charge in [0.2, 0.25) is 0 Å². The van der Waals surface area contributed by atoms with Crippen LogP contribution in [0.5, 0.6) is 0 Å². The molecule has 0 N–H and O–H groups in total. The Kier molecular flexibility index (Phi) is 2.26. The molecule has 5 rings (SSSR count). The van der Waals surface area contributed by atoms with E-state index in [1.807, 2.05) is 0 Å². The number of benzene rings is 2. The minimum atomic E-state index is 0.373. The minimum Gasteiger partial charge on any atom is -0.0622 e. The molecule has 2 aromatic carbocycles. The van der Waals surface area contributed by atoms with Crippen molar-refractivity contribution in [2.45, 2.75) is 43.9 Å². The van der Waals surface area contributed by atoms with Crippen LogP contribution in [0.1, 0.15) is 44.2 Å². The van der Waals surface area contributed by atoms with E-state index in [-0.39, 0.29) is 0 Å². The molecule has 3 fully saturated rings. The number of hydrogen-bond acceptors (Lipinski definition) is 0. The third-order valence-corrected chi connectivity index (χ3v) is 7.62. The molecule has 0 amide bonds. The van der Waals surface area contributed by atoms with Gasteiger partial charge in [0.15, 0.2) is 0 Å². The Morgan fingerprint density at radius 3 is 1.50 bits per heavy atom. The summed E-state index contributed by atoms with van der Waals surface area (Å²) in [6, 6.07) is 22.8. The van der Waals surface area contributed by atoms with Crippen molar-refractivity contribution in [3.63, 3.8) is 0 Å². The molecule has 0 radical (unpaired) electrons. The van der Waals surface area contributed by atoms with E-state index in [1.165, 1.54) is 19.3 Å². The Bertz CT molecular complexity index is 653. The fraction of sp³-hybridized carbons (Fsp3) is 0.455. The Balaban J connectivity index is 1.77. The zero-order valence-electron chi connectivity index (χ0n) is 13.5. The Hall–Kier alpha value is -1.56. The Morgan fingerprint density at radius 1 is 0.682 bits per heavy atom. The molecule has 2 aromatic rings. The number of hydrogen-bond donors (Lipinski definition) is 0. The van der Waals surface area contributed by atoms with Gasteiger partial charge in [-0.1, -0.05) is 80.9 Å². The molecule has 112 valence electrons. The van der Waals surface area contributed by atoms with E-state index in [0.29, 0.717) is 16.2 Å². The zero-order chi connectivity index (χ0) is 15.0. The molecule has 0 saturated heterocycles. The molecule has 0 heteroatoms. The standard InChI is InChI=1S/C22H24/c1-20(2)21(16-10-5-3-6-11-16)18-14-9-15-19(18)22(20,21)17-12-7-4-8-13-17/h3-8,10-13,18-19H,9,14-15H2,1-2H3. The summed E-state index contributed by atoms with van der Waals surface area (Å²) in [5, 5.41) is 0. The molecule has 3 aliphatic rings. The normalized spacial score (nSPS) is 40.5. The summed E-state index contributed by atoms with van der Waals surface area (Å²) < 4.78 is 0. The van der Waals surface area contributed by atoms with Crippen LogP contribution in [0.3, 0.4) is 0 Å². The average molecular weight is 288 g/mol. The maximum atomic E-state index is 2.53. The van der Waals surface area contributed by atoms with Crippen LogP contribution < -0.4 is 0 Å². The molecule has 0 bridgehead atoms. The molecule has 0 heterocycles. The van der Waals surface area contributed by atoms with Gasteiger partial charge in [-0.25, -0.2) is 0 Å². The van der Waals surface area contributed by atoms with Gasteiger partial charge in [-0.2, -0.15) is 0 Å². The molecule has 0 aromatic heterocycles. The second-order valence-electron chi connectivity index (χ2n) is 8.12. The van der Waals surface area contributed by atoms with Gasteiger partial charge in [0, 0.05) is 10.8 Å². The SMILES string of the molecule is CC1(C)C2(c3ccccc3)C3CCCC3C12c1ccccc1. The van der Waals surface area contributed by atoms with Crippen LogP contribution in [-0.4, -0.2) is 0 Å². The first-order valence-corrected chi connectivity index (χ1v) is 8.80. The summed E-state index contributed by atoms with van der Waals surface area (Å²) in [5.41, 5.74) is 4.31. The summed E-state index contributed by atoms with van der Waals surface area (Å²) in [5.74, 6) is 1.79. The van der Waals surface area contributed by atoms with Crippen LogP contribution >= 0.6 is 0 Å². The van der Waals surface area contributed by atoms with E-state index in [0.717, 1.165) is 11.8 Å².